The van der Waals surface area contributed by atoms with Gasteiger partial charge in [0, 0.05) is 12.1 Å². The normalized spacial score (nSPS) is 11.7. The molecule has 0 saturated carbocycles. The number of carbonyl (C=O) groups excluding carboxylic acids is 1. The summed E-state index contributed by atoms with van der Waals surface area (Å²) in [5.41, 5.74) is 3.29. The predicted octanol–water partition coefficient (Wildman–Crippen LogP) is 3.79. The summed E-state index contributed by atoms with van der Waals surface area (Å²) in [5.74, 6) is 1.36. The minimum Gasteiger partial charge on any atom is -0.496 e. The van der Waals surface area contributed by atoms with Crippen molar-refractivity contribution in [1.29, 1.82) is 0 Å². The van der Waals surface area contributed by atoms with Crippen LogP contribution >= 0.6 is 0 Å². The van der Waals surface area contributed by atoms with E-state index in [1.807, 2.05) is 56.3 Å². The van der Waals surface area contributed by atoms with Crippen molar-refractivity contribution in [2.75, 3.05) is 7.11 Å². The molecular formula is C20H25NO3. The number of hydrogen-bond acceptors (Lipinski definition) is 3. The molecule has 0 aliphatic rings. The van der Waals surface area contributed by atoms with Gasteiger partial charge in [-0.3, -0.25) is 4.79 Å². The summed E-state index contributed by atoms with van der Waals surface area (Å²) in [5, 5.41) is 2.93. The maximum atomic E-state index is 12.4. The molecule has 0 aromatic heterocycles. The van der Waals surface area contributed by atoms with Gasteiger partial charge in [0.2, 0.25) is 0 Å². The number of ether oxygens (including phenoxy) is 2. The summed E-state index contributed by atoms with van der Waals surface area (Å²) in [4.78, 5) is 12.4. The second-order valence-corrected chi connectivity index (χ2v) is 5.79. The van der Waals surface area contributed by atoms with Gasteiger partial charge in [-0.05, 0) is 49.6 Å². The Morgan fingerprint density at radius 2 is 1.88 bits per heavy atom. The molecule has 0 unspecified atom stereocenters. The van der Waals surface area contributed by atoms with Crippen LogP contribution in [-0.4, -0.2) is 19.1 Å². The fourth-order valence-electron chi connectivity index (χ4n) is 2.42. The van der Waals surface area contributed by atoms with Crippen molar-refractivity contribution in [3.63, 3.8) is 0 Å². The number of benzene rings is 2. The predicted molar refractivity (Wildman–Crippen MR) is 95.5 cm³/mol. The monoisotopic (exact) mass is 327 g/mol. The Hall–Kier alpha value is -2.49. The first-order valence-corrected chi connectivity index (χ1v) is 8.18. The molecule has 0 heterocycles. The number of nitrogens with one attached hydrogen (secondary N) is 1. The van der Waals surface area contributed by atoms with Crippen LogP contribution in [0.25, 0.3) is 0 Å². The second kappa shape index (κ2) is 8.39. The van der Waals surface area contributed by atoms with Crippen LogP contribution in [0.5, 0.6) is 11.5 Å². The largest absolute Gasteiger partial charge is 0.496 e. The van der Waals surface area contributed by atoms with E-state index in [1.54, 1.807) is 7.11 Å². The molecule has 4 heteroatoms. The van der Waals surface area contributed by atoms with Crippen LogP contribution in [0.15, 0.2) is 42.5 Å². The average molecular weight is 327 g/mol. The number of aryl methyl sites for hydroxylation is 2. The lowest BCUT2D eigenvalue weighted by atomic mass is 10.1. The molecule has 1 amide bonds. The topological polar surface area (TPSA) is 47.6 Å². The zero-order chi connectivity index (χ0) is 17.5. The average Bonchev–Trinajstić information content (AvgIpc) is 2.60. The minimum atomic E-state index is -0.512. The summed E-state index contributed by atoms with van der Waals surface area (Å²) >= 11 is 0. The fourth-order valence-corrected chi connectivity index (χ4v) is 2.42. The molecule has 0 bridgehead atoms. The van der Waals surface area contributed by atoms with Crippen LogP contribution in [0, 0.1) is 13.8 Å². The fraction of sp³-hybridized carbons (Fsp3) is 0.350. The molecule has 0 spiro atoms. The zero-order valence-corrected chi connectivity index (χ0v) is 14.8. The third-order valence-electron chi connectivity index (χ3n) is 4.07. The minimum absolute atomic E-state index is 0.123. The molecular weight excluding hydrogens is 302 g/mol. The first-order chi connectivity index (χ1) is 11.5. The maximum Gasteiger partial charge on any atom is 0.261 e. The van der Waals surface area contributed by atoms with E-state index in [0.717, 1.165) is 22.6 Å². The van der Waals surface area contributed by atoms with Gasteiger partial charge in [-0.15, -0.1) is 0 Å². The zero-order valence-electron chi connectivity index (χ0n) is 14.8. The lowest BCUT2D eigenvalue weighted by molar-refractivity contribution is -0.128. The number of amides is 1. The van der Waals surface area contributed by atoms with Crippen molar-refractivity contribution in [3.8, 4) is 11.5 Å². The SMILES string of the molecule is CC[C@@H](Oc1ccc(C)c(C)c1)C(=O)NCc1ccccc1OC. The number of carbonyl (C=O) groups is 1. The van der Waals surface area contributed by atoms with E-state index in [9.17, 15) is 4.79 Å². The lowest BCUT2D eigenvalue weighted by Gasteiger charge is -2.18. The molecule has 24 heavy (non-hydrogen) atoms. The molecule has 0 fully saturated rings. The third kappa shape index (κ3) is 4.51. The number of methoxy groups -OCH3 is 1. The summed E-state index contributed by atoms with van der Waals surface area (Å²) < 4.78 is 11.2. The van der Waals surface area contributed by atoms with Gasteiger partial charge in [0.05, 0.1) is 7.11 Å². The van der Waals surface area contributed by atoms with Crippen molar-refractivity contribution < 1.29 is 14.3 Å². The van der Waals surface area contributed by atoms with Crippen LogP contribution < -0.4 is 14.8 Å². The molecule has 0 aliphatic heterocycles. The smallest absolute Gasteiger partial charge is 0.261 e. The van der Waals surface area contributed by atoms with E-state index >= 15 is 0 Å². The van der Waals surface area contributed by atoms with Gasteiger partial charge in [-0.2, -0.15) is 0 Å². The highest BCUT2D eigenvalue weighted by atomic mass is 16.5. The van der Waals surface area contributed by atoms with Crippen molar-refractivity contribution in [1.82, 2.24) is 5.32 Å². The Morgan fingerprint density at radius 1 is 1.12 bits per heavy atom. The van der Waals surface area contributed by atoms with Crippen LogP contribution in [0.1, 0.15) is 30.0 Å². The van der Waals surface area contributed by atoms with Crippen molar-refractivity contribution >= 4 is 5.91 Å². The second-order valence-electron chi connectivity index (χ2n) is 5.79. The van der Waals surface area contributed by atoms with Gasteiger partial charge in [-0.25, -0.2) is 0 Å². The standard InChI is InChI=1S/C20H25NO3/c1-5-18(24-17-11-10-14(2)15(3)12-17)20(22)21-13-16-8-6-7-9-19(16)23-4/h6-12,18H,5,13H2,1-4H3,(H,21,22)/t18-/m1/s1. The number of para-hydroxylation sites is 1. The number of hydrogen-bond donors (Lipinski definition) is 1. The summed E-state index contributed by atoms with van der Waals surface area (Å²) in [6.07, 6.45) is 0.0897. The molecule has 128 valence electrons. The lowest BCUT2D eigenvalue weighted by Crippen LogP contribution is -2.37. The summed E-state index contributed by atoms with van der Waals surface area (Å²) in [6, 6.07) is 13.5. The Kier molecular flexibility index (Phi) is 6.24. The molecule has 0 radical (unpaired) electrons. The highest BCUT2D eigenvalue weighted by Gasteiger charge is 2.18. The number of rotatable bonds is 7. The van der Waals surface area contributed by atoms with Crippen LogP contribution in [-0.2, 0) is 11.3 Å². The van der Waals surface area contributed by atoms with E-state index in [2.05, 4.69) is 12.2 Å². The molecule has 1 atom stereocenters. The first kappa shape index (κ1) is 17.9. The highest BCUT2D eigenvalue weighted by molar-refractivity contribution is 5.81. The molecule has 1 N–H and O–H groups in total. The van der Waals surface area contributed by atoms with Gasteiger partial charge >= 0.3 is 0 Å². The van der Waals surface area contributed by atoms with E-state index in [0.29, 0.717) is 13.0 Å². The van der Waals surface area contributed by atoms with Crippen molar-refractivity contribution in [2.45, 2.75) is 39.8 Å². The van der Waals surface area contributed by atoms with E-state index in [-0.39, 0.29) is 5.91 Å². The van der Waals surface area contributed by atoms with Gasteiger partial charge in [0.1, 0.15) is 11.5 Å². The van der Waals surface area contributed by atoms with Gasteiger partial charge < -0.3 is 14.8 Å². The molecule has 2 rings (SSSR count). The van der Waals surface area contributed by atoms with E-state index < -0.39 is 6.10 Å². The van der Waals surface area contributed by atoms with E-state index in [1.165, 1.54) is 5.56 Å². The molecule has 0 saturated heterocycles. The quantitative estimate of drug-likeness (QED) is 0.842. The Balaban J connectivity index is 1.99. The van der Waals surface area contributed by atoms with Gasteiger partial charge in [0.25, 0.3) is 5.91 Å². The first-order valence-electron chi connectivity index (χ1n) is 8.18. The molecule has 4 nitrogen and oxygen atoms in total. The van der Waals surface area contributed by atoms with Crippen LogP contribution in [0.3, 0.4) is 0 Å². The van der Waals surface area contributed by atoms with Gasteiger partial charge in [-0.1, -0.05) is 31.2 Å². The van der Waals surface area contributed by atoms with Crippen molar-refractivity contribution in [2.24, 2.45) is 0 Å². The summed E-state index contributed by atoms with van der Waals surface area (Å²) in [7, 11) is 1.62. The molecule has 2 aromatic carbocycles. The summed E-state index contributed by atoms with van der Waals surface area (Å²) in [6.45, 7) is 6.44. The third-order valence-corrected chi connectivity index (χ3v) is 4.07. The highest BCUT2D eigenvalue weighted by Crippen LogP contribution is 2.19. The Morgan fingerprint density at radius 3 is 2.54 bits per heavy atom. The van der Waals surface area contributed by atoms with E-state index in [4.69, 9.17) is 9.47 Å². The van der Waals surface area contributed by atoms with Crippen molar-refractivity contribution in [3.05, 3.63) is 59.2 Å². The molecule has 0 aliphatic carbocycles. The maximum absolute atomic E-state index is 12.4. The van der Waals surface area contributed by atoms with Crippen LogP contribution in [0.4, 0.5) is 0 Å². The van der Waals surface area contributed by atoms with Gasteiger partial charge in [0.15, 0.2) is 6.10 Å². The Labute approximate surface area is 143 Å². The molecule has 2 aromatic rings. The Bertz CT molecular complexity index is 697. The van der Waals surface area contributed by atoms with Crippen LogP contribution in [0.2, 0.25) is 0 Å².